The van der Waals surface area contributed by atoms with Crippen LogP contribution in [0.15, 0.2) is 36.5 Å². The standard InChI is InChI=1S/C27H33F3N4O2/c1-18-8-13-32-19(2)23(18)25(35)33-16-11-26(3,12-17-33)34-14-9-21(10-15-34)24(31)20-4-6-22(7-5-20)36-27(28,29)30/h4-8,13,21,31H,9-12,14-17H2,1-3H3. The zero-order valence-electron chi connectivity index (χ0n) is 21.0. The number of likely N-dealkylation sites (tertiary alicyclic amines) is 2. The van der Waals surface area contributed by atoms with Gasteiger partial charge in [0.1, 0.15) is 5.75 Å². The highest BCUT2D eigenvalue weighted by molar-refractivity contribution is 6.00. The average molecular weight is 503 g/mol. The third-order valence-corrected chi connectivity index (χ3v) is 7.76. The summed E-state index contributed by atoms with van der Waals surface area (Å²) in [5, 5.41) is 8.59. The molecule has 0 saturated carbocycles. The van der Waals surface area contributed by atoms with Crippen LogP contribution in [-0.2, 0) is 0 Å². The van der Waals surface area contributed by atoms with Crippen molar-refractivity contribution in [3.05, 3.63) is 58.9 Å². The molecule has 0 bridgehead atoms. The number of carbonyl (C=O) groups excluding carboxylic acids is 1. The van der Waals surface area contributed by atoms with E-state index >= 15 is 0 Å². The third-order valence-electron chi connectivity index (χ3n) is 7.76. The van der Waals surface area contributed by atoms with Crippen LogP contribution in [0.2, 0.25) is 0 Å². The van der Waals surface area contributed by atoms with Crippen LogP contribution in [0.5, 0.6) is 5.75 Å². The van der Waals surface area contributed by atoms with Crippen molar-refractivity contribution in [3.8, 4) is 5.75 Å². The molecule has 0 spiro atoms. The monoisotopic (exact) mass is 502 g/mol. The topological polar surface area (TPSA) is 69.5 Å². The van der Waals surface area contributed by atoms with Gasteiger partial charge in [-0.25, -0.2) is 0 Å². The summed E-state index contributed by atoms with van der Waals surface area (Å²) in [4.78, 5) is 21.9. The Morgan fingerprint density at radius 2 is 1.67 bits per heavy atom. The van der Waals surface area contributed by atoms with Gasteiger partial charge in [-0.3, -0.25) is 14.7 Å². The molecule has 9 heteroatoms. The number of halogens is 3. The van der Waals surface area contributed by atoms with Crippen molar-refractivity contribution in [2.45, 2.75) is 58.4 Å². The molecule has 6 nitrogen and oxygen atoms in total. The van der Waals surface area contributed by atoms with Gasteiger partial charge in [0.15, 0.2) is 0 Å². The Labute approximate surface area is 210 Å². The van der Waals surface area contributed by atoms with Crippen molar-refractivity contribution in [1.29, 1.82) is 5.41 Å². The summed E-state index contributed by atoms with van der Waals surface area (Å²) in [5.41, 5.74) is 3.51. The molecule has 2 aliphatic rings. The zero-order chi connectivity index (χ0) is 26.1. The predicted molar refractivity (Wildman–Crippen MR) is 132 cm³/mol. The van der Waals surface area contributed by atoms with Crippen molar-refractivity contribution in [3.63, 3.8) is 0 Å². The lowest BCUT2D eigenvalue weighted by Crippen LogP contribution is -2.56. The first kappa shape index (κ1) is 26.1. The van der Waals surface area contributed by atoms with E-state index in [0.29, 0.717) is 29.9 Å². The molecule has 0 aliphatic carbocycles. The Morgan fingerprint density at radius 1 is 1.06 bits per heavy atom. The lowest BCUT2D eigenvalue weighted by atomic mass is 9.82. The largest absolute Gasteiger partial charge is 0.573 e. The van der Waals surface area contributed by atoms with Crippen LogP contribution < -0.4 is 4.74 Å². The maximum absolute atomic E-state index is 13.2. The lowest BCUT2D eigenvalue weighted by molar-refractivity contribution is -0.274. The number of amides is 1. The molecule has 2 aliphatic heterocycles. The Hall–Kier alpha value is -2.94. The van der Waals surface area contributed by atoms with E-state index in [1.807, 2.05) is 24.8 Å². The molecule has 2 aromatic rings. The van der Waals surface area contributed by atoms with Gasteiger partial charge in [0.2, 0.25) is 0 Å². The highest BCUT2D eigenvalue weighted by Crippen LogP contribution is 2.34. The normalized spacial score (nSPS) is 19.2. The predicted octanol–water partition coefficient (Wildman–Crippen LogP) is 5.37. The Balaban J connectivity index is 1.31. The second-order valence-electron chi connectivity index (χ2n) is 10.1. The number of nitrogens with zero attached hydrogens (tertiary/aromatic N) is 3. The Kier molecular flexibility index (Phi) is 7.41. The minimum atomic E-state index is -4.72. The van der Waals surface area contributed by atoms with Crippen molar-refractivity contribution >= 4 is 11.6 Å². The Morgan fingerprint density at radius 3 is 2.22 bits per heavy atom. The molecule has 3 heterocycles. The van der Waals surface area contributed by atoms with Crippen molar-refractivity contribution in [1.82, 2.24) is 14.8 Å². The van der Waals surface area contributed by atoms with Gasteiger partial charge < -0.3 is 15.0 Å². The first-order valence-electron chi connectivity index (χ1n) is 12.4. The average Bonchev–Trinajstić information content (AvgIpc) is 2.83. The summed E-state index contributed by atoms with van der Waals surface area (Å²) >= 11 is 0. The number of hydrogen-bond donors (Lipinski definition) is 1. The van der Waals surface area contributed by atoms with Gasteiger partial charge in [0.05, 0.1) is 11.3 Å². The summed E-state index contributed by atoms with van der Waals surface area (Å²) in [7, 11) is 0. The maximum Gasteiger partial charge on any atom is 0.573 e. The highest BCUT2D eigenvalue weighted by atomic mass is 19.4. The second-order valence-corrected chi connectivity index (χ2v) is 10.1. The summed E-state index contributed by atoms with van der Waals surface area (Å²) < 4.78 is 41.1. The van der Waals surface area contributed by atoms with Crippen LogP contribution in [0.1, 0.15) is 59.8 Å². The molecule has 2 fully saturated rings. The first-order valence-corrected chi connectivity index (χ1v) is 12.4. The van der Waals surface area contributed by atoms with Crippen molar-refractivity contribution in [2.24, 2.45) is 5.92 Å². The van der Waals surface area contributed by atoms with E-state index in [1.165, 1.54) is 24.3 Å². The zero-order valence-corrected chi connectivity index (χ0v) is 21.0. The maximum atomic E-state index is 13.2. The summed E-state index contributed by atoms with van der Waals surface area (Å²) in [6.07, 6.45) is 0.436. The molecule has 2 saturated heterocycles. The lowest BCUT2D eigenvalue weighted by Gasteiger charge is -2.49. The van der Waals surface area contributed by atoms with Crippen LogP contribution in [0.25, 0.3) is 0 Å². The van der Waals surface area contributed by atoms with Crippen LogP contribution in [0.3, 0.4) is 0 Å². The number of piperidine rings is 2. The molecule has 1 N–H and O–H groups in total. The SMILES string of the molecule is Cc1ccnc(C)c1C(=O)N1CCC(C)(N2CCC(C(=N)c3ccc(OC(F)(F)F)cc3)CC2)CC1. The van der Waals surface area contributed by atoms with E-state index in [4.69, 9.17) is 5.41 Å². The van der Waals surface area contributed by atoms with Gasteiger partial charge in [-0.2, -0.15) is 0 Å². The van der Waals surface area contributed by atoms with Gasteiger partial charge >= 0.3 is 6.36 Å². The number of carbonyl (C=O) groups is 1. The summed E-state index contributed by atoms with van der Waals surface area (Å²) in [6, 6.07) is 7.44. The minimum absolute atomic E-state index is 0.000447. The number of alkyl halides is 3. The van der Waals surface area contributed by atoms with Crippen molar-refractivity contribution < 1.29 is 22.7 Å². The Bertz CT molecular complexity index is 1080. The van der Waals surface area contributed by atoms with Gasteiger partial charge in [-0.1, -0.05) is 0 Å². The number of rotatable bonds is 5. The summed E-state index contributed by atoms with van der Waals surface area (Å²) in [6.45, 7) is 9.20. The van der Waals surface area contributed by atoms with Gasteiger partial charge in [-0.05, 0) is 101 Å². The van der Waals surface area contributed by atoms with Crippen molar-refractivity contribution in [2.75, 3.05) is 26.2 Å². The number of aromatic nitrogens is 1. The summed E-state index contributed by atoms with van der Waals surface area (Å²) in [5.74, 6) is -0.156. The number of hydrogen-bond acceptors (Lipinski definition) is 5. The number of pyridine rings is 1. The van der Waals surface area contributed by atoms with Gasteiger partial charge in [0, 0.05) is 36.5 Å². The first-order chi connectivity index (χ1) is 17.0. The fourth-order valence-corrected chi connectivity index (χ4v) is 5.46. The van der Waals surface area contributed by atoms with E-state index < -0.39 is 6.36 Å². The third kappa shape index (κ3) is 5.72. The molecule has 4 rings (SSSR count). The van der Waals surface area contributed by atoms with E-state index in [0.717, 1.165) is 50.0 Å². The van der Waals surface area contributed by atoms with Gasteiger partial charge in [0.25, 0.3) is 5.91 Å². The van der Waals surface area contributed by atoms with Crippen LogP contribution in [0.4, 0.5) is 13.2 Å². The van der Waals surface area contributed by atoms with E-state index in [1.54, 1.807) is 6.20 Å². The minimum Gasteiger partial charge on any atom is -0.406 e. The number of aryl methyl sites for hydroxylation is 2. The molecule has 1 aromatic heterocycles. The van der Waals surface area contributed by atoms with Crippen LogP contribution in [0, 0.1) is 25.2 Å². The molecular weight excluding hydrogens is 469 g/mol. The fraction of sp³-hybridized carbons (Fsp3) is 0.519. The quantitative estimate of drug-likeness (QED) is 0.558. The molecule has 0 radical (unpaired) electrons. The highest BCUT2D eigenvalue weighted by Gasteiger charge is 2.39. The molecule has 0 unspecified atom stereocenters. The molecule has 1 amide bonds. The number of ether oxygens (including phenoxy) is 1. The number of benzene rings is 1. The van der Waals surface area contributed by atoms with Gasteiger partial charge in [-0.15, -0.1) is 13.2 Å². The molecule has 36 heavy (non-hydrogen) atoms. The smallest absolute Gasteiger partial charge is 0.406 e. The van der Waals surface area contributed by atoms with E-state index in [9.17, 15) is 18.0 Å². The van der Waals surface area contributed by atoms with E-state index in [2.05, 4.69) is 21.5 Å². The van der Waals surface area contributed by atoms with Crippen LogP contribution in [-0.4, -0.2) is 64.5 Å². The molecule has 194 valence electrons. The van der Waals surface area contributed by atoms with Crippen LogP contribution >= 0.6 is 0 Å². The fourth-order valence-electron chi connectivity index (χ4n) is 5.46. The molecule has 0 atom stereocenters. The molecule has 1 aromatic carbocycles. The molecular formula is C27H33F3N4O2. The number of nitrogens with one attached hydrogen (secondary N) is 1. The second kappa shape index (κ2) is 10.2. The van der Waals surface area contributed by atoms with E-state index in [-0.39, 0.29) is 23.1 Å².